The van der Waals surface area contributed by atoms with Gasteiger partial charge in [0, 0.05) is 32.2 Å². The van der Waals surface area contributed by atoms with Gasteiger partial charge in [-0.15, -0.1) is 0 Å². The molecule has 0 spiro atoms. The number of nitrogens with two attached hydrogens (primary N) is 1. The second-order valence-corrected chi connectivity index (χ2v) is 10.5. The summed E-state index contributed by atoms with van der Waals surface area (Å²) in [5.41, 5.74) is 5.99. The fourth-order valence-corrected chi connectivity index (χ4v) is 5.65. The van der Waals surface area contributed by atoms with E-state index in [0.717, 1.165) is 64.2 Å². The highest BCUT2D eigenvalue weighted by Crippen LogP contribution is 2.28. The lowest BCUT2D eigenvalue weighted by atomic mass is 9.82. The monoisotopic (exact) mass is 473 g/mol. The molecule has 9 nitrogen and oxygen atoms in total. The molecule has 1 aromatic heterocycles. The third kappa shape index (κ3) is 8.50. The number of aromatic nitrogens is 3. The van der Waals surface area contributed by atoms with Crippen LogP contribution in [0.25, 0.3) is 0 Å². The average molecular weight is 474 g/mol. The molecule has 6 N–H and O–H groups in total. The molecule has 0 unspecified atom stereocenters. The van der Waals surface area contributed by atoms with Gasteiger partial charge in [-0.3, -0.25) is 0 Å². The maximum absolute atomic E-state index is 5.99. The Kier molecular flexibility index (Phi) is 10.4. The van der Waals surface area contributed by atoms with Crippen molar-refractivity contribution in [3.05, 3.63) is 0 Å². The molecule has 1 saturated heterocycles. The van der Waals surface area contributed by atoms with Crippen molar-refractivity contribution in [1.29, 1.82) is 0 Å². The summed E-state index contributed by atoms with van der Waals surface area (Å²) < 4.78 is 0. The summed E-state index contributed by atoms with van der Waals surface area (Å²) in [6, 6.07) is 0.782. The van der Waals surface area contributed by atoms with Gasteiger partial charge in [0.1, 0.15) is 0 Å². The van der Waals surface area contributed by atoms with Crippen LogP contribution in [0.2, 0.25) is 0 Å². The van der Waals surface area contributed by atoms with Crippen molar-refractivity contribution in [3.8, 4) is 0 Å². The minimum Gasteiger partial charge on any atom is -0.368 e. The van der Waals surface area contributed by atoms with Crippen LogP contribution in [0.1, 0.15) is 70.6 Å². The van der Waals surface area contributed by atoms with E-state index in [-0.39, 0.29) is 0 Å². The smallest absolute Gasteiger partial charge is 0.231 e. The van der Waals surface area contributed by atoms with E-state index in [1.807, 2.05) is 0 Å². The van der Waals surface area contributed by atoms with Crippen molar-refractivity contribution in [1.82, 2.24) is 30.9 Å². The van der Waals surface area contributed by atoms with Crippen LogP contribution in [-0.4, -0.2) is 73.4 Å². The van der Waals surface area contributed by atoms with Crippen LogP contribution >= 0.6 is 0 Å². The van der Waals surface area contributed by atoms with Crippen LogP contribution < -0.4 is 31.9 Å². The first-order chi connectivity index (χ1) is 16.8. The lowest BCUT2D eigenvalue weighted by Gasteiger charge is -2.29. The van der Waals surface area contributed by atoms with E-state index in [4.69, 9.17) is 5.73 Å². The average Bonchev–Trinajstić information content (AvgIpc) is 3.16. The molecule has 3 fully saturated rings. The molecule has 2 aliphatic carbocycles. The Balaban J connectivity index is 1.09. The molecule has 2 heterocycles. The number of hydrogen-bond donors (Lipinski definition) is 5. The number of nitrogens with zero attached hydrogens (tertiary/aromatic N) is 4. The van der Waals surface area contributed by atoms with Crippen LogP contribution in [0.3, 0.4) is 0 Å². The van der Waals surface area contributed by atoms with Crippen LogP contribution in [0.5, 0.6) is 0 Å². The maximum Gasteiger partial charge on any atom is 0.231 e. The SMILES string of the molecule is Nc1nc(NCC2CCC(CNCCCNC3CCCCC3)CC2)nc(N2CCCNCC2)n1. The van der Waals surface area contributed by atoms with Gasteiger partial charge in [0.25, 0.3) is 0 Å². The fourth-order valence-electron chi connectivity index (χ4n) is 5.65. The molecular weight excluding hydrogens is 426 g/mol. The van der Waals surface area contributed by atoms with Gasteiger partial charge in [-0.05, 0) is 89.4 Å². The van der Waals surface area contributed by atoms with Crippen molar-refractivity contribution in [2.45, 2.75) is 76.7 Å². The fraction of sp³-hybridized carbons (Fsp3) is 0.880. The Morgan fingerprint density at radius 2 is 1.62 bits per heavy atom. The van der Waals surface area contributed by atoms with Crippen LogP contribution in [0.4, 0.5) is 17.8 Å². The van der Waals surface area contributed by atoms with Crippen molar-refractivity contribution < 1.29 is 0 Å². The van der Waals surface area contributed by atoms with E-state index < -0.39 is 0 Å². The number of anilines is 3. The molecule has 4 rings (SSSR count). The Labute approximate surface area is 205 Å². The molecule has 0 aromatic carbocycles. The normalized spacial score (nSPS) is 24.6. The molecule has 2 saturated carbocycles. The first kappa shape index (κ1) is 25.4. The van der Waals surface area contributed by atoms with Gasteiger partial charge in [0.15, 0.2) is 0 Å². The topological polar surface area (TPSA) is 116 Å². The number of hydrogen-bond acceptors (Lipinski definition) is 9. The van der Waals surface area contributed by atoms with Crippen molar-refractivity contribution in [2.75, 3.05) is 68.3 Å². The van der Waals surface area contributed by atoms with E-state index in [1.165, 1.54) is 70.8 Å². The van der Waals surface area contributed by atoms with Crippen LogP contribution in [0.15, 0.2) is 0 Å². The molecule has 1 aliphatic heterocycles. The summed E-state index contributed by atoms with van der Waals surface area (Å²) in [5, 5.41) is 14.3. The highest BCUT2D eigenvalue weighted by atomic mass is 15.3. The van der Waals surface area contributed by atoms with Crippen LogP contribution in [-0.2, 0) is 0 Å². The third-order valence-electron chi connectivity index (χ3n) is 7.78. The van der Waals surface area contributed by atoms with Gasteiger partial charge in [-0.1, -0.05) is 19.3 Å². The molecule has 9 heteroatoms. The van der Waals surface area contributed by atoms with Gasteiger partial charge in [-0.25, -0.2) is 0 Å². The number of nitrogen functional groups attached to an aromatic ring is 1. The lowest BCUT2D eigenvalue weighted by Crippen LogP contribution is -2.34. The summed E-state index contributed by atoms with van der Waals surface area (Å²) in [6.07, 6.45) is 14.5. The first-order valence-electron chi connectivity index (χ1n) is 13.9. The lowest BCUT2D eigenvalue weighted by molar-refractivity contribution is 0.275. The summed E-state index contributed by atoms with van der Waals surface area (Å²) in [7, 11) is 0. The molecule has 192 valence electrons. The molecule has 34 heavy (non-hydrogen) atoms. The van der Waals surface area contributed by atoms with E-state index in [2.05, 4.69) is 41.1 Å². The standard InChI is InChI=1S/C25H47N9/c26-23-31-24(33-25(32-23)34-16-5-13-27-15-17-34)30-19-21-10-8-20(9-11-21)18-28-12-4-14-29-22-6-2-1-3-7-22/h20-22,27-29H,1-19H2,(H3,26,30,31,32,33). The van der Waals surface area contributed by atoms with Gasteiger partial charge in [0.2, 0.25) is 17.8 Å². The van der Waals surface area contributed by atoms with Crippen molar-refractivity contribution >= 4 is 17.8 Å². The van der Waals surface area contributed by atoms with Gasteiger partial charge >= 0.3 is 0 Å². The Hall–Kier alpha value is -1.71. The molecular formula is C25H47N9. The van der Waals surface area contributed by atoms with Gasteiger partial charge < -0.3 is 31.9 Å². The molecule has 3 aliphatic rings. The molecule has 0 radical (unpaired) electrons. The summed E-state index contributed by atoms with van der Waals surface area (Å²) in [4.78, 5) is 15.6. The Bertz CT molecular complexity index is 694. The predicted molar refractivity (Wildman–Crippen MR) is 140 cm³/mol. The number of rotatable bonds is 11. The molecule has 0 atom stereocenters. The van der Waals surface area contributed by atoms with Gasteiger partial charge in [0.05, 0.1) is 0 Å². The highest BCUT2D eigenvalue weighted by molar-refractivity contribution is 5.42. The molecule has 0 amide bonds. The largest absolute Gasteiger partial charge is 0.368 e. The molecule has 0 bridgehead atoms. The number of nitrogens with one attached hydrogen (secondary N) is 4. The predicted octanol–water partition coefficient (Wildman–Crippen LogP) is 2.37. The molecule has 1 aromatic rings. The third-order valence-corrected chi connectivity index (χ3v) is 7.78. The van der Waals surface area contributed by atoms with E-state index in [9.17, 15) is 0 Å². The highest BCUT2D eigenvalue weighted by Gasteiger charge is 2.21. The van der Waals surface area contributed by atoms with Crippen LogP contribution in [0, 0.1) is 11.8 Å². The summed E-state index contributed by atoms with van der Waals surface area (Å²) in [5.74, 6) is 3.11. The van der Waals surface area contributed by atoms with E-state index in [0.29, 0.717) is 23.8 Å². The quantitative estimate of drug-likeness (QED) is 0.309. The summed E-state index contributed by atoms with van der Waals surface area (Å²) in [6.45, 7) is 8.22. The second-order valence-electron chi connectivity index (χ2n) is 10.5. The second kappa shape index (κ2) is 14.0. The van der Waals surface area contributed by atoms with Crippen molar-refractivity contribution in [2.24, 2.45) is 11.8 Å². The minimum atomic E-state index is 0.299. The zero-order valence-corrected chi connectivity index (χ0v) is 21.0. The minimum absolute atomic E-state index is 0.299. The van der Waals surface area contributed by atoms with E-state index in [1.54, 1.807) is 0 Å². The van der Waals surface area contributed by atoms with Crippen molar-refractivity contribution in [3.63, 3.8) is 0 Å². The Morgan fingerprint density at radius 3 is 2.44 bits per heavy atom. The zero-order valence-electron chi connectivity index (χ0n) is 21.0. The maximum atomic E-state index is 5.99. The van der Waals surface area contributed by atoms with Gasteiger partial charge in [-0.2, -0.15) is 15.0 Å². The Morgan fingerprint density at radius 1 is 0.824 bits per heavy atom. The first-order valence-corrected chi connectivity index (χ1v) is 13.9. The zero-order chi connectivity index (χ0) is 23.4. The summed E-state index contributed by atoms with van der Waals surface area (Å²) >= 11 is 0. The van der Waals surface area contributed by atoms with E-state index >= 15 is 0 Å².